The maximum atomic E-state index is 13.1. The van der Waals surface area contributed by atoms with Crippen molar-refractivity contribution in [2.75, 3.05) is 17.2 Å². The second-order valence-electron chi connectivity index (χ2n) is 4.98. The molecule has 0 fully saturated rings. The van der Waals surface area contributed by atoms with Crippen LogP contribution in [0, 0.1) is 18.6 Å². The van der Waals surface area contributed by atoms with E-state index in [9.17, 15) is 13.6 Å². The normalized spacial score (nSPS) is 10.3. The average molecular weight is 320 g/mol. The number of carbonyl (C=O) groups is 1. The summed E-state index contributed by atoms with van der Waals surface area (Å²) in [5.74, 6) is -1.76. The number of amides is 1. The molecule has 0 heterocycles. The lowest BCUT2D eigenvalue weighted by Gasteiger charge is -2.11. The number of anilines is 2. The van der Waals surface area contributed by atoms with Gasteiger partial charge >= 0.3 is 6.09 Å². The summed E-state index contributed by atoms with van der Waals surface area (Å²) in [4.78, 5) is 11.4. The van der Waals surface area contributed by atoms with Crippen LogP contribution in [-0.4, -0.2) is 12.7 Å². The van der Waals surface area contributed by atoms with Gasteiger partial charge in [0.05, 0.1) is 6.61 Å². The molecule has 0 radical (unpaired) electrons. The Labute approximate surface area is 133 Å². The minimum Gasteiger partial charge on any atom is -0.450 e. The van der Waals surface area contributed by atoms with Gasteiger partial charge in [0.2, 0.25) is 0 Å². The molecule has 1 amide bonds. The van der Waals surface area contributed by atoms with Crippen molar-refractivity contribution < 1.29 is 18.3 Å². The van der Waals surface area contributed by atoms with Gasteiger partial charge in [0, 0.05) is 24.0 Å². The van der Waals surface area contributed by atoms with Gasteiger partial charge in [0.1, 0.15) is 0 Å². The number of hydrogen-bond acceptors (Lipinski definition) is 3. The van der Waals surface area contributed by atoms with E-state index >= 15 is 0 Å². The molecule has 0 bridgehead atoms. The largest absolute Gasteiger partial charge is 0.450 e. The van der Waals surface area contributed by atoms with Crippen molar-refractivity contribution in [3.05, 3.63) is 59.2 Å². The summed E-state index contributed by atoms with van der Waals surface area (Å²) < 4.78 is 30.8. The SMILES string of the molecule is CCOC(=O)Nc1ccc(CNc2ccc(F)c(F)c2)cc1C. The molecule has 122 valence electrons. The zero-order valence-electron chi connectivity index (χ0n) is 13.0. The van der Waals surface area contributed by atoms with Gasteiger partial charge in [0.25, 0.3) is 0 Å². The van der Waals surface area contributed by atoms with Crippen LogP contribution in [0.3, 0.4) is 0 Å². The van der Waals surface area contributed by atoms with Crippen LogP contribution < -0.4 is 10.6 Å². The first-order valence-corrected chi connectivity index (χ1v) is 7.22. The third-order valence-corrected chi connectivity index (χ3v) is 3.22. The highest BCUT2D eigenvalue weighted by Gasteiger charge is 2.06. The molecule has 0 spiro atoms. The molecular weight excluding hydrogens is 302 g/mol. The van der Waals surface area contributed by atoms with Gasteiger partial charge in [-0.25, -0.2) is 13.6 Å². The monoisotopic (exact) mass is 320 g/mol. The molecule has 0 atom stereocenters. The van der Waals surface area contributed by atoms with Gasteiger partial charge in [0.15, 0.2) is 11.6 Å². The highest BCUT2D eigenvalue weighted by molar-refractivity contribution is 5.85. The van der Waals surface area contributed by atoms with Crippen molar-refractivity contribution in [3.63, 3.8) is 0 Å². The number of ether oxygens (including phenoxy) is 1. The minimum atomic E-state index is -0.889. The Kier molecular flexibility index (Phi) is 5.51. The first-order chi connectivity index (χ1) is 11.0. The molecule has 4 nitrogen and oxygen atoms in total. The highest BCUT2D eigenvalue weighted by atomic mass is 19.2. The first-order valence-electron chi connectivity index (χ1n) is 7.22. The van der Waals surface area contributed by atoms with Crippen LogP contribution >= 0.6 is 0 Å². The zero-order valence-corrected chi connectivity index (χ0v) is 13.0. The Hall–Kier alpha value is -2.63. The number of rotatable bonds is 5. The molecule has 2 N–H and O–H groups in total. The molecule has 2 aromatic rings. The van der Waals surface area contributed by atoms with Gasteiger partial charge in [-0.3, -0.25) is 5.32 Å². The lowest BCUT2D eigenvalue weighted by atomic mass is 10.1. The summed E-state index contributed by atoms with van der Waals surface area (Å²) in [5, 5.41) is 5.67. The van der Waals surface area contributed by atoms with Crippen molar-refractivity contribution in [2.24, 2.45) is 0 Å². The van der Waals surface area contributed by atoms with Crippen LogP contribution in [0.4, 0.5) is 25.0 Å². The molecule has 0 unspecified atom stereocenters. The number of hydrogen-bond donors (Lipinski definition) is 2. The predicted molar refractivity (Wildman–Crippen MR) is 85.5 cm³/mol. The van der Waals surface area contributed by atoms with Crippen LogP contribution in [-0.2, 0) is 11.3 Å². The Bertz CT molecular complexity index is 705. The third-order valence-electron chi connectivity index (χ3n) is 3.22. The van der Waals surface area contributed by atoms with Gasteiger partial charge in [-0.2, -0.15) is 0 Å². The van der Waals surface area contributed by atoms with Crippen molar-refractivity contribution >= 4 is 17.5 Å². The fourth-order valence-corrected chi connectivity index (χ4v) is 2.06. The number of carbonyl (C=O) groups excluding carboxylic acids is 1. The molecular formula is C17H18F2N2O2. The van der Waals surface area contributed by atoms with Crippen molar-refractivity contribution in [2.45, 2.75) is 20.4 Å². The van der Waals surface area contributed by atoms with Gasteiger partial charge < -0.3 is 10.1 Å². The van der Waals surface area contributed by atoms with E-state index in [0.717, 1.165) is 23.3 Å². The Morgan fingerprint density at radius 1 is 1.13 bits per heavy atom. The highest BCUT2D eigenvalue weighted by Crippen LogP contribution is 2.19. The molecule has 0 saturated heterocycles. The summed E-state index contributed by atoms with van der Waals surface area (Å²) in [6.45, 7) is 4.36. The van der Waals surface area contributed by atoms with Gasteiger partial charge in [-0.15, -0.1) is 0 Å². The molecule has 23 heavy (non-hydrogen) atoms. The van der Waals surface area contributed by atoms with Gasteiger partial charge in [-0.05, 0) is 43.2 Å². The van der Waals surface area contributed by atoms with Crippen LogP contribution in [0.2, 0.25) is 0 Å². The van der Waals surface area contributed by atoms with E-state index in [-0.39, 0.29) is 0 Å². The summed E-state index contributed by atoms with van der Waals surface area (Å²) >= 11 is 0. The number of benzene rings is 2. The van der Waals surface area contributed by atoms with Crippen LogP contribution in [0.15, 0.2) is 36.4 Å². The Balaban J connectivity index is 1.99. The van der Waals surface area contributed by atoms with E-state index in [1.54, 1.807) is 13.0 Å². The van der Waals surface area contributed by atoms with Crippen LogP contribution in [0.25, 0.3) is 0 Å². The molecule has 0 aliphatic heterocycles. The maximum Gasteiger partial charge on any atom is 0.411 e. The van der Waals surface area contributed by atoms with Crippen molar-refractivity contribution in [3.8, 4) is 0 Å². The quantitative estimate of drug-likeness (QED) is 0.855. The predicted octanol–water partition coefficient (Wildman–Crippen LogP) is 4.45. The molecule has 0 saturated carbocycles. The smallest absolute Gasteiger partial charge is 0.411 e. The number of nitrogens with one attached hydrogen (secondary N) is 2. The molecule has 0 aliphatic carbocycles. The number of aryl methyl sites for hydroxylation is 1. The van der Waals surface area contributed by atoms with E-state index in [1.807, 2.05) is 19.1 Å². The molecule has 0 aromatic heterocycles. The maximum absolute atomic E-state index is 13.1. The van der Waals surface area contributed by atoms with E-state index in [4.69, 9.17) is 4.74 Å². The topological polar surface area (TPSA) is 50.4 Å². The minimum absolute atomic E-state index is 0.307. The molecule has 6 heteroatoms. The van der Waals surface area contributed by atoms with E-state index < -0.39 is 17.7 Å². The average Bonchev–Trinajstić information content (AvgIpc) is 2.51. The number of halogens is 2. The molecule has 2 aromatic carbocycles. The van der Waals surface area contributed by atoms with Crippen molar-refractivity contribution in [1.29, 1.82) is 0 Å². The third kappa shape index (κ3) is 4.67. The van der Waals surface area contributed by atoms with E-state index in [1.165, 1.54) is 6.07 Å². The lowest BCUT2D eigenvalue weighted by molar-refractivity contribution is 0.168. The Morgan fingerprint density at radius 2 is 1.91 bits per heavy atom. The van der Waals surface area contributed by atoms with E-state index in [0.29, 0.717) is 24.5 Å². The summed E-state index contributed by atoms with van der Waals surface area (Å²) in [7, 11) is 0. The zero-order chi connectivity index (χ0) is 16.8. The summed E-state index contributed by atoms with van der Waals surface area (Å²) in [6, 6.07) is 9.17. The van der Waals surface area contributed by atoms with Crippen LogP contribution in [0.5, 0.6) is 0 Å². The second kappa shape index (κ2) is 7.58. The molecule has 0 aliphatic rings. The van der Waals surface area contributed by atoms with E-state index in [2.05, 4.69) is 10.6 Å². The fraction of sp³-hybridized carbons (Fsp3) is 0.235. The molecule has 2 rings (SSSR count). The Morgan fingerprint density at radius 3 is 2.57 bits per heavy atom. The van der Waals surface area contributed by atoms with Crippen molar-refractivity contribution in [1.82, 2.24) is 0 Å². The lowest BCUT2D eigenvalue weighted by Crippen LogP contribution is -2.14. The summed E-state index contributed by atoms with van der Waals surface area (Å²) in [5.41, 5.74) is 2.99. The second-order valence-corrected chi connectivity index (χ2v) is 4.98. The first kappa shape index (κ1) is 16.7. The van der Waals surface area contributed by atoms with Gasteiger partial charge in [-0.1, -0.05) is 12.1 Å². The standard InChI is InChI=1S/C17H18F2N2O2/c1-3-23-17(22)21-16-7-4-12(8-11(16)2)10-20-13-5-6-14(18)15(19)9-13/h4-9,20H,3,10H2,1-2H3,(H,21,22). The fourth-order valence-electron chi connectivity index (χ4n) is 2.06. The van der Waals surface area contributed by atoms with Crippen LogP contribution in [0.1, 0.15) is 18.1 Å². The summed E-state index contributed by atoms with van der Waals surface area (Å²) in [6.07, 6.45) is -0.497.